The third-order valence-corrected chi connectivity index (χ3v) is 2.71. The third-order valence-electron chi connectivity index (χ3n) is 2.71. The minimum Gasteiger partial charge on any atom is -0.466 e. The van der Waals surface area contributed by atoms with Crippen molar-refractivity contribution in [3.8, 4) is 0 Å². The summed E-state index contributed by atoms with van der Waals surface area (Å²) in [6, 6.07) is 5.00. The van der Waals surface area contributed by atoms with Gasteiger partial charge in [0.25, 0.3) is 5.91 Å². The number of esters is 1. The van der Waals surface area contributed by atoms with Crippen LogP contribution in [0.15, 0.2) is 24.3 Å². The number of carbonyl (C=O) groups excluding carboxylic acids is 3. The first-order chi connectivity index (χ1) is 9.97. The van der Waals surface area contributed by atoms with Crippen LogP contribution in [0.4, 0.5) is 0 Å². The number of nitrogens with two attached hydrogens (primary N) is 1. The van der Waals surface area contributed by atoms with Gasteiger partial charge in [0, 0.05) is 11.1 Å². The molecular weight excluding hydrogens is 276 g/mol. The SMILES string of the molecule is CCOC(=O)C[C@@H](CO)NC(=O)c1ccc(C(N)=O)cc1. The van der Waals surface area contributed by atoms with E-state index in [1.54, 1.807) is 6.92 Å². The number of ether oxygens (including phenoxy) is 1. The zero-order valence-corrected chi connectivity index (χ0v) is 11.7. The quantitative estimate of drug-likeness (QED) is 0.603. The van der Waals surface area contributed by atoms with Crippen molar-refractivity contribution in [2.24, 2.45) is 5.73 Å². The number of aliphatic hydroxyl groups excluding tert-OH is 1. The molecule has 21 heavy (non-hydrogen) atoms. The van der Waals surface area contributed by atoms with Crippen LogP contribution in [0.5, 0.6) is 0 Å². The summed E-state index contributed by atoms with van der Waals surface area (Å²) < 4.78 is 4.75. The molecule has 0 aliphatic heterocycles. The summed E-state index contributed by atoms with van der Waals surface area (Å²) in [5, 5.41) is 11.7. The first-order valence-electron chi connectivity index (χ1n) is 6.45. The van der Waals surface area contributed by atoms with Crippen molar-refractivity contribution in [2.45, 2.75) is 19.4 Å². The first-order valence-corrected chi connectivity index (χ1v) is 6.45. The van der Waals surface area contributed by atoms with Crippen LogP contribution in [0.1, 0.15) is 34.1 Å². The standard InChI is InChI=1S/C14H18N2O5/c1-2-21-12(18)7-11(8-17)16-14(20)10-5-3-9(4-6-10)13(15)19/h3-6,11,17H,2,7-8H2,1H3,(H2,15,19)(H,16,20)/t11-/m0/s1. The van der Waals surface area contributed by atoms with Crippen molar-refractivity contribution in [2.75, 3.05) is 13.2 Å². The molecule has 2 amide bonds. The zero-order chi connectivity index (χ0) is 15.8. The van der Waals surface area contributed by atoms with Gasteiger partial charge in [0.1, 0.15) is 0 Å². The Morgan fingerprint density at radius 3 is 2.29 bits per heavy atom. The van der Waals surface area contributed by atoms with Crippen molar-refractivity contribution < 1.29 is 24.2 Å². The molecule has 4 N–H and O–H groups in total. The van der Waals surface area contributed by atoms with Crippen LogP contribution in [0, 0.1) is 0 Å². The number of carbonyl (C=O) groups is 3. The molecule has 0 bridgehead atoms. The molecule has 0 saturated carbocycles. The number of hydrogen-bond donors (Lipinski definition) is 3. The molecule has 114 valence electrons. The zero-order valence-electron chi connectivity index (χ0n) is 11.7. The van der Waals surface area contributed by atoms with Crippen LogP contribution >= 0.6 is 0 Å². The summed E-state index contributed by atoms with van der Waals surface area (Å²) in [5.74, 6) is -1.55. The molecular formula is C14H18N2O5. The maximum absolute atomic E-state index is 11.9. The summed E-state index contributed by atoms with van der Waals surface area (Å²) in [6.45, 7) is 1.52. The van der Waals surface area contributed by atoms with Crippen molar-refractivity contribution in [3.05, 3.63) is 35.4 Å². The van der Waals surface area contributed by atoms with Gasteiger partial charge in [-0.15, -0.1) is 0 Å². The lowest BCUT2D eigenvalue weighted by Gasteiger charge is -2.15. The number of hydrogen-bond acceptors (Lipinski definition) is 5. The Bertz CT molecular complexity index is 513. The van der Waals surface area contributed by atoms with Gasteiger partial charge < -0.3 is 20.9 Å². The average molecular weight is 294 g/mol. The van der Waals surface area contributed by atoms with Crippen molar-refractivity contribution in [3.63, 3.8) is 0 Å². The number of aliphatic hydroxyl groups is 1. The van der Waals surface area contributed by atoms with E-state index in [9.17, 15) is 19.5 Å². The molecule has 0 aromatic heterocycles. The Morgan fingerprint density at radius 2 is 1.81 bits per heavy atom. The average Bonchev–Trinajstić information content (AvgIpc) is 2.46. The minimum absolute atomic E-state index is 0.116. The van der Waals surface area contributed by atoms with Crippen LogP contribution in [0.25, 0.3) is 0 Å². The van der Waals surface area contributed by atoms with E-state index >= 15 is 0 Å². The van der Waals surface area contributed by atoms with Crippen LogP contribution in [0.2, 0.25) is 0 Å². The summed E-state index contributed by atoms with van der Waals surface area (Å²) in [5.41, 5.74) is 5.68. The van der Waals surface area contributed by atoms with E-state index in [0.29, 0.717) is 5.56 Å². The van der Waals surface area contributed by atoms with Crippen LogP contribution in [-0.4, -0.2) is 42.1 Å². The minimum atomic E-state index is -0.729. The largest absolute Gasteiger partial charge is 0.466 e. The molecule has 1 aromatic carbocycles. The summed E-state index contributed by atoms with van der Waals surface area (Å²) in [7, 11) is 0. The number of amides is 2. The number of nitrogens with one attached hydrogen (secondary N) is 1. The van der Waals surface area contributed by atoms with Gasteiger partial charge in [-0.1, -0.05) is 0 Å². The predicted octanol–water partition coefficient (Wildman–Crippen LogP) is -0.171. The summed E-state index contributed by atoms with van der Waals surface area (Å²) in [4.78, 5) is 34.2. The first kappa shape index (κ1) is 16.6. The molecule has 0 saturated heterocycles. The number of benzene rings is 1. The molecule has 1 aromatic rings. The van der Waals surface area contributed by atoms with Gasteiger partial charge in [-0.2, -0.15) is 0 Å². The van der Waals surface area contributed by atoms with Crippen LogP contribution in [-0.2, 0) is 9.53 Å². The van der Waals surface area contributed by atoms with Gasteiger partial charge in [-0.3, -0.25) is 14.4 Å². The van der Waals surface area contributed by atoms with Gasteiger partial charge in [0.05, 0.1) is 25.7 Å². The van der Waals surface area contributed by atoms with E-state index in [4.69, 9.17) is 10.5 Å². The Kier molecular flexibility index (Phi) is 6.35. The number of primary amides is 1. The van der Waals surface area contributed by atoms with Crippen LogP contribution < -0.4 is 11.1 Å². The molecule has 7 heteroatoms. The van der Waals surface area contributed by atoms with Crippen molar-refractivity contribution in [1.82, 2.24) is 5.32 Å². The maximum atomic E-state index is 11.9. The summed E-state index contributed by atoms with van der Waals surface area (Å²) >= 11 is 0. The fourth-order valence-electron chi connectivity index (χ4n) is 1.64. The molecule has 0 spiro atoms. The topological polar surface area (TPSA) is 119 Å². The molecule has 0 aliphatic carbocycles. The smallest absolute Gasteiger partial charge is 0.307 e. The highest BCUT2D eigenvalue weighted by Gasteiger charge is 2.17. The maximum Gasteiger partial charge on any atom is 0.307 e. The van der Waals surface area contributed by atoms with Crippen LogP contribution in [0.3, 0.4) is 0 Å². The highest BCUT2D eigenvalue weighted by molar-refractivity contribution is 5.97. The van der Waals surface area contributed by atoms with Gasteiger partial charge in [0.15, 0.2) is 0 Å². The second-order valence-electron chi connectivity index (χ2n) is 4.30. The lowest BCUT2D eigenvalue weighted by Crippen LogP contribution is -2.39. The van der Waals surface area contributed by atoms with E-state index in [0.717, 1.165) is 0 Å². The molecule has 1 rings (SSSR count). The Labute approximate surface area is 122 Å². The predicted molar refractivity (Wildman–Crippen MR) is 74.5 cm³/mol. The molecule has 0 unspecified atom stereocenters. The Morgan fingerprint density at radius 1 is 1.24 bits per heavy atom. The van der Waals surface area contributed by atoms with E-state index in [1.165, 1.54) is 24.3 Å². The molecule has 0 aliphatic rings. The lowest BCUT2D eigenvalue weighted by atomic mass is 10.1. The highest BCUT2D eigenvalue weighted by Crippen LogP contribution is 2.05. The molecule has 1 atom stereocenters. The second kappa shape index (κ2) is 8.01. The fraction of sp³-hybridized carbons (Fsp3) is 0.357. The monoisotopic (exact) mass is 294 g/mol. The number of rotatable bonds is 7. The molecule has 0 fully saturated rings. The van der Waals surface area contributed by atoms with Gasteiger partial charge >= 0.3 is 5.97 Å². The highest BCUT2D eigenvalue weighted by atomic mass is 16.5. The molecule has 0 radical (unpaired) electrons. The lowest BCUT2D eigenvalue weighted by molar-refractivity contribution is -0.143. The fourth-order valence-corrected chi connectivity index (χ4v) is 1.64. The third kappa shape index (κ3) is 5.23. The van der Waals surface area contributed by atoms with E-state index in [1.807, 2.05) is 0 Å². The Hall–Kier alpha value is -2.41. The molecule has 7 nitrogen and oxygen atoms in total. The van der Waals surface area contributed by atoms with Gasteiger partial charge in [-0.25, -0.2) is 0 Å². The summed E-state index contributed by atoms with van der Waals surface area (Å²) in [6.07, 6.45) is -0.116. The van der Waals surface area contributed by atoms with Gasteiger partial charge in [0.2, 0.25) is 5.91 Å². The normalized spacial score (nSPS) is 11.5. The Balaban J connectivity index is 2.65. The van der Waals surface area contributed by atoms with Crippen molar-refractivity contribution >= 4 is 17.8 Å². The second-order valence-corrected chi connectivity index (χ2v) is 4.30. The molecule has 0 heterocycles. The van der Waals surface area contributed by atoms with E-state index < -0.39 is 23.8 Å². The van der Waals surface area contributed by atoms with E-state index in [2.05, 4.69) is 5.32 Å². The van der Waals surface area contributed by atoms with Gasteiger partial charge in [-0.05, 0) is 31.2 Å². The van der Waals surface area contributed by atoms with Crippen molar-refractivity contribution in [1.29, 1.82) is 0 Å². The van der Waals surface area contributed by atoms with E-state index in [-0.39, 0.29) is 25.2 Å².